The fourth-order valence-electron chi connectivity index (χ4n) is 3.63. The number of carbonyl (C=O) groups excluding carboxylic acids is 3. The maximum absolute atomic E-state index is 12.9. The number of nitrogens with zero attached hydrogens (tertiary/aromatic N) is 4. The third-order valence-corrected chi connectivity index (χ3v) is 6.95. The van der Waals surface area contributed by atoms with E-state index in [0.717, 1.165) is 11.3 Å². The standard InChI is InChI=1S/C19H24N6O5S2/c1-5-6-25(2,3)7-10-8-31-17-13(16(27)24(17)14(10)18(28)29)22-15(26)12(23-30-4)11-9-32-19(20)21-11/h5,9,13,17H,1,6-8H2,2-4H3,(H3-,20,21,22,26,28,29)/b23-12-. The molecule has 0 bridgehead atoms. The van der Waals surface area contributed by atoms with Gasteiger partial charge in [-0.05, 0) is 6.08 Å². The summed E-state index contributed by atoms with van der Waals surface area (Å²) < 4.78 is 0.483. The van der Waals surface area contributed by atoms with E-state index in [0.29, 0.717) is 28.9 Å². The van der Waals surface area contributed by atoms with Gasteiger partial charge in [0.25, 0.3) is 11.8 Å². The number of nitrogen functional groups attached to an aromatic ring is 1. The number of aliphatic carboxylic acids is 1. The van der Waals surface area contributed by atoms with E-state index in [-0.39, 0.29) is 22.2 Å². The average molecular weight is 481 g/mol. The van der Waals surface area contributed by atoms with Crippen molar-refractivity contribution in [1.29, 1.82) is 0 Å². The number of fused-ring (bicyclic) bond motifs is 1. The van der Waals surface area contributed by atoms with E-state index in [1.807, 2.05) is 14.1 Å². The summed E-state index contributed by atoms with van der Waals surface area (Å²) in [5, 5.41) is 19.4. The molecule has 0 aliphatic carbocycles. The van der Waals surface area contributed by atoms with Gasteiger partial charge in [-0.25, -0.2) is 4.98 Å². The molecule has 32 heavy (non-hydrogen) atoms. The molecule has 1 aromatic heterocycles. The van der Waals surface area contributed by atoms with Crippen molar-refractivity contribution in [2.45, 2.75) is 11.4 Å². The van der Waals surface area contributed by atoms with Crippen LogP contribution in [0.1, 0.15) is 5.69 Å². The zero-order valence-corrected chi connectivity index (χ0v) is 19.5. The summed E-state index contributed by atoms with van der Waals surface area (Å²) in [6, 6.07) is -0.919. The Morgan fingerprint density at radius 3 is 2.81 bits per heavy atom. The van der Waals surface area contributed by atoms with Crippen LogP contribution in [0.15, 0.2) is 34.5 Å². The molecule has 3 heterocycles. The molecular formula is C19H24N6O5S2. The predicted octanol–water partition coefficient (Wildman–Crippen LogP) is -1.26. The maximum atomic E-state index is 12.9. The lowest BCUT2D eigenvalue weighted by molar-refractivity contribution is -0.879. The average Bonchev–Trinajstić information content (AvgIpc) is 3.14. The van der Waals surface area contributed by atoms with E-state index in [2.05, 4.69) is 22.0 Å². The van der Waals surface area contributed by atoms with Crippen molar-refractivity contribution in [2.75, 3.05) is 45.8 Å². The van der Waals surface area contributed by atoms with Gasteiger partial charge in [-0.3, -0.25) is 14.5 Å². The molecule has 11 nitrogen and oxygen atoms in total. The minimum Gasteiger partial charge on any atom is -0.543 e. The number of hydrogen-bond donors (Lipinski definition) is 2. The van der Waals surface area contributed by atoms with Crippen molar-refractivity contribution >= 4 is 51.7 Å². The highest BCUT2D eigenvalue weighted by atomic mass is 32.2. The minimum atomic E-state index is -1.42. The molecule has 0 spiro atoms. The Morgan fingerprint density at radius 1 is 1.53 bits per heavy atom. The first kappa shape index (κ1) is 23.8. The summed E-state index contributed by atoms with van der Waals surface area (Å²) in [6.45, 7) is 4.79. The summed E-state index contributed by atoms with van der Waals surface area (Å²) in [7, 11) is 5.17. The van der Waals surface area contributed by atoms with Gasteiger partial charge in [0.15, 0.2) is 10.8 Å². The van der Waals surface area contributed by atoms with Crippen LogP contribution in [-0.2, 0) is 19.2 Å². The molecule has 2 amide bonds. The fourth-order valence-corrected chi connectivity index (χ4v) is 5.51. The number of thioether (sulfide) groups is 1. The zero-order valence-electron chi connectivity index (χ0n) is 17.9. The number of oxime groups is 1. The summed E-state index contributed by atoms with van der Waals surface area (Å²) in [4.78, 5) is 47.5. The van der Waals surface area contributed by atoms with Crippen molar-refractivity contribution in [3.63, 3.8) is 0 Å². The van der Waals surface area contributed by atoms with Gasteiger partial charge < -0.3 is 30.3 Å². The molecule has 1 aromatic rings. The van der Waals surface area contributed by atoms with Gasteiger partial charge in [0.1, 0.15) is 30.8 Å². The highest BCUT2D eigenvalue weighted by Gasteiger charge is 2.53. The number of β-lactam (4-membered cyclic amide) rings is 1. The Labute approximate surface area is 193 Å². The number of carboxylic acid groups (broad SMARTS) is 1. The molecular weight excluding hydrogens is 456 g/mol. The molecule has 1 fully saturated rings. The minimum absolute atomic E-state index is 0.127. The number of carboxylic acids is 1. The Bertz CT molecular complexity index is 1020. The summed E-state index contributed by atoms with van der Waals surface area (Å²) in [6.07, 6.45) is 1.76. The largest absolute Gasteiger partial charge is 0.543 e. The van der Waals surface area contributed by atoms with Gasteiger partial charge in [0.2, 0.25) is 0 Å². The second-order valence-corrected chi connectivity index (χ2v) is 9.85. The molecule has 1 saturated heterocycles. The van der Waals surface area contributed by atoms with Gasteiger partial charge in [-0.1, -0.05) is 11.7 Å². The first-order valence-electron chi connectivity index (χ1n) is 9.54. The Morgan fingerprint density at radius 2 is 2.25 bits per heavy atom. The number of anilines is 1. The van der Waals surface area contributed by atoms with E-state index >= 15 is 0 Å². The third kappa shape index (κ3) is 4.64. The molecule has 2 aliphatic heterocycles. The second-order valence-electron chi connectivity index (χ2n) is 7.86. The van der Waals surface area contributed by atoms with Gasteiger partial charge in [0, 0.05) is 16.7 Å². The van der Waals surface area contributed by atoms with Crippen LogP contribution in [0.5, 0.6) is 0 Å². The molecule has 0 radical (unpaired) electrons. The molecule has 0 saturated carbocycles. The predicted molar refractivity (Wildman–Crippen MR) is 119 cm³/mol. The number of carbonyl (C=O) groups is 3. The molecule has 2 unspecified atom stereocenters. The Kier molecular flexibility index (Phi) is 6.91. The van der Waals surface area contributed by atoms with Crippen molar-refractivity contribution in [3.8, 4) is 0 Å². The van der Waals surface area contributed by atoms with Crippen LogP contribution in [0.3, 0.4) is 0 Å². The van der Waals surface area contributed by atoms with Crippen molar-refractivity contribution < 1.29 is 28.8 Å². The van der Waals surface area contributed by atoms with E-state index < -0.39 is 29.2 Å². The van der Waals surface area contributed by atoms with E-state index in [9.17, 15) is 19.5 Å². The van der Waals surface area contributed by atoms with Gasteiger partial charge >= 0.3 is 0 Å². The number of rotatable bonds is 9. The van der Waals surface area contributed by atoms with Crippen LogP contribution in [0, 0.1) is 0 Å². The zero-order chi connectivity index (χ0) is 23.6. The topological polar surface area (TPSA) is 150 Å². The van der Waals surface area contributed by atoms with Crippen LogP contribution in [-0.4, -0.2) is 89.3 Å². The number of nitrogens with two attached hydrogens (primary N) is 1. The lowest BCUT2D eigenvalue weighted by Gasteiger charge is -2.51. The van der Waals surface area contributed by atoms with Crippen LogP contribution in [0.25, 0.3) is 0 Å². The molecule has 0 aromatic carbocycles. The van der Waals surface area contributed by atoms with Crippen LogP contribution < -0.4 is 16.2 Å². The SMILES string of the molecule is C=CC[N+](C)(C)CC1=C(C(=O)[O-])N2C(=O)C(NC(=O)/C(=N\OC)c3csc(N)n3)C2SC1. The molecule has 13 heteroatoms. The van der Waals surface area contributed by atoms with E-state index in [1.165, 1.54) is 23.8 Å². The summed E-state index contributed by atoms with van der Waals surface area (Å²) >= 11 is 2.51. The van der Waals surface area contributed by atoms with Crippen LogP contribution in [0.4, 0.5) is 5.13 Å². The third-order valence-electron chi connectivity index (χ3n) is 4.93. The molecule has 172 valence electrons. The first-order chi connectivity index (χ1) is 15.1. The van der Waals surface area contributed by atoms with Crippen molar-refractivity contribution in [1.82, 2.24) is 15.2 Å². The summed E-state index contributed by atoms with van der Waals surface area (Å²) in [5.74, 6) is -2.23. The lowest BCUT2D eigenvalue weighted by Crippen LogP contribution is -2.71. The van der Waals surface area contributed by atoms with Crippen LogP contribution >= 0.6 is 23.1 Å². The maximum Gasteiger partial charge on any atom is 0.276 e. The van der Waals surface area contributed by atoms with E-state index in [4.69, 9.17) is 10.6 Å². The monoisotopic (exact) mass is 480 g/mol. The van der Waals surface area contributed by atoms with Crippen molar-refractivity contribution in [2.24, 2.45) is 5.16 Å². The molecule has 3 rings (SSSR count). The van der Waals surface area contributed by atoms with Gasteiger partial charge in [-0.2, -0.15) is 0 Å². The van der Waals surface area contributed by atoms with Gasteiger partial charge in [-0.15, -0.1) is 23.1 Å². The quantitative estimate of drug-likeness (QED) is 0.146. The Balaban J connectivity index is 1.80. The van der Waals surface area contributed by atoms with Crippen molar-refractivity contribution in [3.05, 3.63) is 35.0 Å². The number of hydrogen-bond acceptors (Lipinski definition) is 10. The number of aromatic nitrogens is 1. The highest BCUT2D eigenvalue weighted by molar-refractivity contribution is 8.00. The highest BCUT2D eigenvalue weighted by Crippen LogP contribution is 2.40. The summed E-state index contributed by atoms with van der Waals surface area (Å²) in [5.41, 5.74) is 6.18. The number of likely N-dealkylation sites (N-methyl/N-ethyl adjacent to an activating group) is 1. The number of quaternary nitrogens is 1. The normalized spacial score (nSPS) is 21.0. The molecule has 2 atom stereocenters. The molecule has 3 N–H and O–H groups in total. The van der Waals surface area contributed by atoms with Crippen LogP contribution in [0.2, 0.25) is 0 Å². The second kappa shape index (κ2) is 9.30. The van der Waals surface area contributed by atoms with E-state index in [1.54, 1.807) is 11.5 Å². The number of nitrogens with one attached hydrogen (secondary N) is 1. The van der Waals surface area contributed by atoms with Gasteiger partial charge in [0.05, 0.1) is 32.3 Å². The first-order valence-corrected chi connectivity index (χ1v) is 11.5. The number of amides is 2. The Hall–Kier alpha value is -2.90. The number of thiazole rings is 1. The lowest BCUT2D eigenvalue weighted by atomic mass is 10.0. The fraction of sp³-hybridized carbons (Fsp3) is 0.421. The smallest absolute Gasteiger partial charge is 0.276 e. The molecule has 2 aliphatic rings.